The maximum absolute atomic E-state index is 5.71. The van der Waals surface area contributed by atoms with Gasteiger partial charge in [0.1, 0.15) is 5.75 Å². The van der Waals surface area contributed by atoms with Gasteiger partial charge >= 0.3 is 0 Å². The summed E-state index contributed by atoms with van der Waals surface area (Å²) in [4.78, 5) is 4.53. The second kappa shape index (κ2) is 5.31. The van der Waals surface area contributed by atoms with E-state index in [0.29, 0.717) is 6.54 Å². The molecule has 0 saturated carbocycles. The molecule has 2 aromatic carbocycles. The van der Waals surface area contributed by atoms with E-state index in [1.165, 1.54) is 0 Å². The molecule has 0 unspecified atom stereocenters. The van der Waals surface area contributed by atoms with E-state index in [-0.39, 0.29) is 0 Å². The Bertz CT molecular complexity index is 753. The molecule has 3 nitrogen and oxygen atoms in total. The van der Waals surface area contributed by atoms with Crippen LogP contribution < -0.4 is 10.5 Å². The molecule has 100 valence electrons. The highest BCUT2D eigenvalue weighted by Crippen LogP contribution is 2.29. The Labute approximate surface area is 118 Å². The van der Waals surface area contributed by atoms with E-state index >= 15 is 0 Å². The highest BCUT2D eigenvalue weighted by molar-refractivity contribution is 5.95. The third kappa shape index (κ3) is 2.24. The van der Waals surface area contributed by atoms with Crippen molar-refractivity contribution in [3.8, 4) is 17.0 Å². The zero-order valence-corrected chi connectivity index (χ0v) is 11.3. The maximum atomic E-state index is 5.71. The van der Waals surface area contributed by atoms with Crippen LogP contribution in [0.4, 0.5) is 0 Å². The number of hydrogen-bond donors (Lipinski definition) is 1. The van der Waals surface area contributed by atoms with Crippen LogP contribution in [0.1, 0.15) is 5.56 Å². The van der Waals surface area contributed by atoms with Gasteiger partial charge in [-0.3, -0.25) is 4.98 Å². The van der Waals surface area contributed by atoms with E-state index in [1.807, 2.05) is 42.6 Å². The summed E-state index contributed by atoms with van der Waals surface area (Å²) < 4.78 is 5.31. The number of nitrogens with zero attached hydrogens (tertiary/aromatic N) is 1. The van der Waals surface area contributed by atoms with Crippen LogP contribution in [0.2, 0.25) is 0 Å². The Morgan fingerprint density at radius 3 is 2.80 bits per heavy atom. The predicted molar refractivity (Wildman–Crippen MR) is 81.6 cm³/mol. The number of fused-ring (bicyclic) bond motifs is 1. The molecule has 1 heterocycles. The first-order chi connectivity index (χ1) is 9.81. The molecule has 3 aromatic rings. The lowest BCUT2D eigenvalue weighted by molar-refractivity contribution is 0.415. The second-order valence-electron chi connectivity index (χ2n) is 4.65. The van der Waals surface area contributed by atoms with E-state index < -0.39 is 0 Å². The number of hydrogen-bond acceptors (Lipinski definition) is 3. The minimum Gasteiger partial charge on any atom is -0.497 e. The third-order valence-electron chi connectivity index (χ3n) is 3.41. The predicted octanol–water partition coefficient (Wildman–Crippen LogP) is 3.37. The molecule has 0 aliphatic rings. The number of rotatable bonds is 3. The van der Waals surface area contributed by atoms with Crippen LogP contribution in [0.3, 0.4) is 0 Å². The molecule has 20 heavy (non-hydrogen) atoms. The smallest absolute Gasteiger partial charge is 0.119 e. The van der Waals surface area contributed by atoms with Crippen molar-refractivity contribution >= 4 is 10.8 Å². The fraction of sp³-hybridized carbons (Fsp3) is 0.118. The van der Waals surface area contributed by atoms with Crippen molar-refractivity contribution in [1.82, 2.24) is 4.98 Å². The van der Waals surface area contributed by atoms with Crippen LogP contribution in [0.15, 0.2) is 54.7 Å². The normalized spacial score (nSPS) is 10.7. The highest BCUT2D eigenvalue weighted by Gasteiger charge is 2.07. The van der Waals surface area contributed by atoms with Crippen LogP contribution in [0.25, 0.3) is 22.0 Å². The third-order valence-corrected chi connectivity index (χ3v) is 3.41. The van der Waals surface area contributed by atoms with Crippen LogP contribution >= 0.6 is 0 Å². The fourth-order valence-corrected chi connectivity index (χ4v) is 2.35. The second-order valence-corrected chi connectivity index (χ2v) is 4.65. The number of ether oxygens (including phenoxy) is 1. The fourth-order valence-electron chi connectivity index (χ4n) is 2.35. The summed E-state index contributed by atoms with van der Waals surface area (Å²) in [6.45, 7) is 0.530. The van der Waals surface area contributed by atoms with Crippen molar-refractivity contribution in [2.45, 2.75) is 6.54 Å². The van der Waals surface area contributed by atoms with Crippen molar-refractivity contribution in [3.05, 3.63) is 60.3 Å². The number of pyridine rings is 1. The largest absolute Gasteiger partial charge is 0.497 e. The Morgan fingerprint density at radius 2 is 2.00 bits per heavy atom. The monoisotopic (exact) mass is 264 g/mol. The van der Waals surface area contributed by atoms with Gasteiger partial charge in [-0.05, 0) is 35.2 Å². The molecule has 0 aliphatic heterocycles. The standard InChI is InChI=1S/C17H16N2O/c1-20-15-6-5-13-7-8-19-17(16(13)10-15)14-4-2-3-12(9-14)11-18/h2-10H,11,18H2,1H3. The molecule has 0 spiro atoms. The molecule has 0 radical (unpaired) electrons. The van der Waals surface area contributed by atoms with E-state index in [2.05, 4.69) is 17.1 Å². The minimum atomic E-state index is 0.530. The molecule has 0 bridgehead atoms. The van der Waals surface area contributed by atoms with Gasteiger partial charge < -0.3 is 10.5 Å². The van der Waals surface area contributed by atoms with Crippen molar-refractivity contribution < 1.29 is 4.74 Å². The number of methoxy groups -OCH3 is 1. The molecule has 0 amide bonds. The van der Waals surface area contributed by atoms with E-state index in [1.54, 1.807) is 7.11 Å². The summed E-state index contributed by atoms with van der Waals surface area (Å²) >= 11 is 0. The van der Waals surface area contributed by atoms with Gasteiger partial charge in [0.2, 0.25) is 0 Å². The Balaban J connectivity index is 2.23. The first-order valence-corrected chi connectivity index (χ1v) is 6.54. The SMILES string of the molecule is COc1ccc2ccnc(-c3cccc(CN)c3)c2c1. The van der Waals surface area contributed by atoms with Crippen molar-refractivity contribution in [2.75, 3.05) is 7.11 Å². The number of nitrogens with two attached hydrogens (primary N) is 1. The van der Waals surface area contributed by atoms with E-state index in [4.69, 9.17) is 10.5 Å². The lowest BCUT2D eigenvalue weighted by Crippen LogP contribution is -1.96. The van der Waals surface area contributed by atoms with Crippen LogP contribution in [-0.4, -0.2) is 12.1 Å². The molecule has 0 saturated heterocycles. The summed E-state index contributed by atoms with van der Waals surface area (Å²) in [6.07, 6.45) is 1.83. The molecule has 0 fully saturated rings. The first-order valence-electron chi connectivity index (χ1n) is 6.54. The molecular weight excluding hydrogens is 248 g/mol. The minimum absolute atomic E-state index is 0.530. The van der Waals surface area contributed by atoms with Gasteiger partial charge in [-0.1, -0.05) is 24.3 Å². The summed E-state index contributed by atoms with van der Waals surface area (Å²) in [5.41, 5.74) is 8.85. The molecule has 1 aromatic heterocycles. The Morgan fingerprint density at radius 1 is 1.10 bits per heavy atom. The quantitative estimate of drug-likeness (QED) is 0.789. The summed E-state index contributed by atoms with van der Waals surface area (Å²) in [5, 5.41) is 2.23. The summed E-state index contributed by atoms with van der Waals surface area (Å²) in [6, 6.07) is 16.2. The zero-order valence-electron chi connectivity index (χ0n) is 11.3. The average Bonchev–Trinajstić information content (AvgIpc) is 2.53. The number of aromatic nitrogens is 1. The van der Waals surface area contributed by atoms with Gasteiger partial charge in [0, 0.05) is 23.7 Å². The van der Waals surface area contributed by atoms with Gasteiger partial charge in [0.15, 0.2) is 0 Å². The van der Waals surface area contributed by atoms with Gasteiger partial charge in [0.25, 0.3) is 0 Å². The van der Waals surface area contributed by atoms with Crippen LogP contribution in [0, 0.1) is 0 Å². The van der Waals surface area contributed by atoms with Crippen LogP contribution in [-0.2, 0) is 6.54 Å². The average molecular weight is 264 g/mol. The van der Waals surface area contributed by atoms with Gasteiger partial charge in [0.05, 0.1) is 12.8 Å². The van der Waals surface area contributed by atoms with Gasteiger partial charge in [-0.25, -0.2) is 0 Å². The lowest BCUT2D eigenvalue weighted by atomic mass is 10.0. The Hall–Kier alpha value is -2.39. The molecule has 3 rings (SSSR count). The first kappa shape index (κ1) is 12.6. The number of benzene rings is 2. The topological polar surface area (TPSA) is 48.1 Å². The van der Waals surface area contributed by atoms with Crippen LogP contribution in [0.5, 0.6) is 5.75 Å². The lowest BCUT2D eigenvalue weighted by Gasteiger charge is -2.08. The maximum Gasteiger partial charge on any atom is 0.119 e. The van der Waals surface area contributed by atoms with Crippen molar-refractivity contribution in [3.63, 3.8) is 0 Å². The van der Waals surface area contributed by atoms with E-state index in [0.717, 1.165) is 33.3 Å². The van der Waals surface area contributed by atoms with Gasteiger partial charge in [-0.2, -0.15) is 0 Å². The van der Waals surface area contributed by atoms with Crippen molar-refractivity contribution in [1.29, 1.82) is 0 Å². The van der Waals surface area contributed by atoms with Gasteiger partial charge in [-0.15, -0.1) is 0 Å². The molecule has 3 heteroatoms. The molecule has 2 N–H and O–H groups in total. The molecule has 0 atom stereocenters. The van der Waals surface area contributed by atoms with E-state index in [9.17, 15) is 0 Å². The Kier molecular flexibility index (Phi) is 3.35. The molecular formula is C17H16N2O. The zero-order chi connectivity index (χ0) is 13.9. The molecule has 0 aliphatic carbocycles. The summed E-state index contributed by atoms with van der Waals surface area (Å²) in [5.74, 6) is 0.835. The highest BCUT2D eigenvalue weighted by atomic mass is 16.5. The summed E-state index contributed by atoms with van der Waals surface area (Å²) in [7, 11) is 1.67. The van der Waals surface area contributed by atoms with Crippen molar-refractivity contribution in [2.24, 2.45) is 5.73 Å².